The highest BCUT2D eigenvalue weighted by Gasteiger charge is 2.24. The lowest BCUT2D eigenvalue weighted by Gasteiger charge is -2.22. The molecule has 2 heterocycles. The lowest BCUT2D eigenvalue weighted by atomic mass is 9.83. The van der Waals surface area contributed by atoms with Crippen LogP contribution in [-0.2, 0) is 12.8 Å². The van der Waals surface area contributed by atoms with Crippen LogP contribution in [-0.4, -0.2) is 16.6 Å². The van der Waals surface area contributed by atoms with Crippen LogP contribution < -0.4 is 4.74 Å². The number of benzene rings is 1. The summed E-state index contributed by atoms with van der Waals surface area (Å²) in [6.45, 7) is 2.73. The smallest absolute Gasteiger partial charge is 0.127 e. The maximum absolute atomic E-state index is 5.53. The van der Waals surface area contributed by atoms with Crippen LogP contribution in [0.5, 0.6) is 5.75 Å². The van der Waals surface area contributed by atoms with Gasteiger partial charge in [-0.3, -0.25) is 0 Å². The van der Waals surface area contributed by atoms with Gasteiger partial charge in [-0.25, -0.2) is 9.97 Å². The topological polar surface area (TPSA) is 35.0 Å². The van der Waals surface area contributed by atoms with E-state index >= 15 is 0 Å². The first kappa shape index (κ1) is 13.7. The average Bonchev–Trinajstić information content (AvgIpc) is 2.93. The molecule has 0 saturated carbocycles. The van der Waals surface area contributed by atoms with Gasteiger partial charge in [0.2, 0.25) is 0 Å². The minimum Gasteiger partial charge on any atom is -0.494 e. The van der Waals surface area contributed by atoms with E-state index in [1.54, 1.807) is 6.33 Å². The van der Waals surface area contributed by atoms with E-state index in [9.17, 15) is 0 Å². The molecular formula is C18H18N2OS. The molecule has 4 rings (SSSR count). The number of aromatic nitrogens is 2. The maximum Gasteiger partial charge on any atom is 0.127 e. The minimum absolute atomic E-state index is 0.601. The van der Waals surface area contributed by atoms with Gasteiger partial charge in [0.1, 0.15) is 16.9 Å². The summed E-state index contributed by atoms with van der Waals surface area (Å²) in [7, 11) is 0. The van der Waals surface area contributed by atoms with Crippen LogP contribution in [0.4, 0.5) is 0 Å². The number of fused-ring (bicyclic) bond motifs is 3. The second-order valence-corrected chi connectivity index (χ2v) is 6.77. The SMILES string of the molecule is CCOc1ccc(C2CCc3c(sc4ncncc34)C2)cc1. The van der Waals surface area contributed by atoms with Crippen molar-refractivity contribution in [2.24, 2.45) is 0 Å². The fraction of sp³-hybridized carbons (Fsp3) is 0.333. The summed E-state index contributed by atoms with van der Waals surface area (Å²) in [5.41, 5.74) is 2.89. The third-order valence-corrected chi connectivity index (χ3v) is 5.57. The molecule has 0 aliphatic heterocycles. The monoisotopic (exact) mass is 310 g/mol. The van der Waals surface area contributed by atoms with Gasteiger partial charge in [0.25, 0.3) is 0 Å². The van der Waals surface area contributed by atoms with Gasteiger partial charge in [0, 0.05) is 16.5 Å². The molecule has 1 aromatic carbocycles. The standard InChI is InChI=1S/C18H18N2OS/c1-2-21-14-6-3-12(4-7-14)13-5-8-15-16-10-19-11-20-18(16)22-17(15)9-13/h3-4,6-7,10-11,13H,2,5,8-9H2,1H3. The Morgan fingerprint density at radius 2 is 2.14 bits per heavy atom. The summed E-state index contributed by atoms with van der Waals surface area (Å²) in [5.74, 6) is 1.56. The van der Waals surface area contributed by atoms with Crippen molar-refractivity contribution in [1.82, 2.24) is 9.97 Å². The minimum atomic E-state index is 0.601. The van der Waals surface area contributed by atoms with Crippen molar-refractivity contribution in [2.75, 3.05) is 6.61 Å². The van der Waals surface area contributed by atoms with Crippen LogP contribution in [0.1, 0.15) is 35.3 Å². The Kier molecular flexibility index (Phi) is 3.54. The van der Waals surface area contributed by atoms with E-state index < -0.39 is 0 Å². The summed E-state index contributed by atoms with van der Waals surface area (Å²) in [4.78, 5) is 11.2. The van der Waals surface area contributed by atoms with Gasteiger partial charge in [0.05, 0.1) is 6.61 Å². The summed E-state index contributed by atoms with van der Waals surface area (Å²) in [6, 6.07) is 8.61. The third kappa shape index (κ3) is 2.37. The van der Waals surface area contributed by atoms with Gasteiger partial charge in [-0.05, 0) is 55.4 Å². The van der Waals surface area contributed by atoms with E-state index in [4.69, 9.17) is 4.74 Å². The molecule has 1 aliphatic carbocycles. The fourth-order valence-corrected chi connectivity index (χ4v) is 4.54. The lowest BCUT2D eigenvalue weighted by molar-refractivity contribution is 0.340. The quantitative estimate of drug-likeness (QED) is 0.721. The molecule has 0 N–H and O–H groups in total. The first-order chi connectivity index (χ1) is 10.8. The molecule has 0 saturated heterocycles. The molecule has 0 radical (unpaired) electrons. The van der Waals surface area contributed by atoms with Crippen molar-refractivity contribution < 1.29 is 4.74 Å². The molecule has 112 valence electrons. The second-order valence-electron chi connectivity index (χ2n) is 5.69. The van der Waals surface area contributed by atoms with Crippen LogP contribution in [0, 0.1) is 0 Å². The van der Waals surface area contributed by atoms with Gasteiger partial charge in [-0.2, -0.15) is 0 Å². The molecule has 0 amide bonds. The van der Waals surface area contributed by atoms with Crippen LogP contribution >= 0.6 is 11.3 Å². The Bertz CT molecular complexity index is 794. The zero-order chi connectivity index (χ0) is 14.9. The molecule has 3 nitrogen and oxygen atoms in total. The van der Waals surface area contributed by atoms with Gasteiger partial charge in [0.15, 0.2) is 0 Å². The average molecular weight is 310 g/mol. The third-order valence-electron chi connectivity index (χ3n) is 4.39. The van der Waals surface area contributed by atoms with E-state index in [1.807, 2.05) is 24.5 Å². The van der Waals surface area contributed by atoms with Crippen molar-refractivity contribution in [3.05, 3.63) is 52.8 Å². The number of rotatable bonds is 3. The predicted octanol–water partition coefficient (Wildman–Crippen LogP) is 4.36. The van der Waals surface area contributed by atoms with Crippen molar-refractivity contribution in [3.8, 4) is 5.75 Å². The van der Waals surface area contributed by atoms with E-state index in [-0.39, 0.29) is 0 Å². The highest BCUT2D eigenvalue weighted by atomic mass is 32.1. The molecule has 4 heteroatoms. The number of thiophene rings is 1. The first-order valence-corrected chi connectivity index (χ1v) is 8.60. The zero-order valence-electron chi connectivity index (χ0n) is 12.6. The molecule has 1 atom stereocenters. The second kappa shape index (κ2) is 5.69. The Morgan fingerprint density at radius 3 is 2.95 bits per heavy atom. The molecule has 3 aromatic rings. The van der Waals surface area contributed by atoms with Crippen molar-refractivity contribution >= 4 is 21.6 Å². The number of hydrogen-bond donors (Lipinski definition) is 0. The van der Waals surface area contributed by atoms with E-state index in [2.05, 4.69) is 34.2 Å². The first-order valence-electron chi connectivity index (χ1n) is 7.78. The van der Waals surface area contributed by atoms with Gasteiger partial charge < -0.3 is 4.74 Å². The lowest BCUT2D eigenvalue weighted by Crippen LogP contribution is -2.10. The Morgan fingerprint density at radius 1 is 1.27 bits per heavy atom. The molecule has 0 spiro atoms. The van der Waals surface area contributed by atoms with Gasteiger partial charge in [-0.1, -0.05) is 12.1 Å². The highest BCUT2D eigenvalue weighted by Crippen LogP contribution is 2.40. The molecule has 2 aromatic heterocycles. The molecule has 1 unspecified atom stereocenters. The number of nitrogens with zero attached hydrogens (tertiary/aromatic N) is 2. The zero-order valence-corrected chi connectivity index (χ0v) is 13.4. The summed E-state index contributed by atoms with van der Waals surface area (Å²) < 4.78 is 5.53. The highest BCUT2D eigenvalue weighted by molar-refractivity contribution is 7.18. The normalized spacial score (nSPS) is 17.4. The maximum atomic E-state index is 5.53. The van der Waals surface area contributed by atoms with Crippen LogP contribution in [0.3, 0.4) is 0 Å². The Labute approximate surface area is 134 Å². The molecule has 0 fully saturated rings. The van der Waals surface area contributed by atoms with Crippen molar-refractivity contribution in [1.29, 1.82) is 0 Å². The predicted molar refractivity (Wildman–Crippen MR) is 89.8 cm³/mol. The van der Waals surface area contributed by atoms with Crippen LogP contribution in [0.25, 0.3) is 10.2 Å². The van der Waals surface area contributed by atoms with Gasteiger partial charge in [-0.15, -0.1) is 11.3 Å². The van der Waals surface area contributed by atoms with Crippen molar-refractivity contribution in [2.45, 2.75) is 32.1 Å². The Hall–Kier alpha value is -1.94. The van der Waals surface area contributed by atoms with Crippen molar-refractivity contribution in [3.63, 3.8) is 0 Å². The molecule has 1 aliphatic rings. The summed E-state index contributed by atoms with van der Waals surface area (Å²) in [6.07, 6.45) is 7.05. The Balaban J connectivity index is 1.61. The van der Waals surface area contributed by atoms with Crippen LogP contribution in [0.15, 0.2) is 36.8 Å². The van der Waals surface area contributed by atoms with Crippen LogP contribution in [0.2, 0.25) is 0 Å². The van der Waals surface area contributed by atoms with Gasteiger partial charge >= 0.3 is 0 Å². The molecular weight excluding hydrogens is 292 g/mol. The molecule has 0 bridgehead atoms. The number of aryl methyl sites for hydroxylation is 1. The number of hydrogen-bond acceptors (Lipinski definition) is 4. The van der Waals surface area contributed by atoms with E-state index in [0.717, 1.165) is 30.0 Å². The summed E-state index contributed by atoms with van der Waals surface area (Å²) >= 11 is 1.83. The summed E-state index contributed by atoms with van der Waals surface area (Å²) in [5, 5.41) is 1.26. The fourth-order valence-electron chi connectivity index (χ4n) is 3.31. The largest absolute Gasteiger partial charge is 0.494 e. The number of ether oxygens (including phenoxy) is 1. The molecule has 22 heavy (non-hydrogen) atoms. The van der Waals surface area contributed by atoms with E-state index in [0.29, 0.717) is 5.92 Å². The van der Waals surface area contributed by atoms with E-state index in [1.165, 1.54) is 27.8 Å².